The second-order valence-corrected chi connectivity index (χ2v) is 9.24. The second-order valence-electron chi connectivity index (χ2n) is 7.34. The lowest BCUT2D eigenvalue weighted by atomic mass is 10.2. The number of guanidine groups is 1. The molecule has 7 nitrogen and oxygen atoms in total. The first-order valence-electron chi connectivity index (χ1n) is 10.3. The molecule has 1 aromatic carbocycles. The number of allylic oxidation sites excluding steroid dienone is 1. The van der Waals surface area contributed by atoms with Crippen LogP contribution >= 0.6 is 0 Å². The van der Waals surface area contributed by atoms with Crippen LogP contribution in [0.2, 0.25) is 0 Å². The van der Waals surface area contributed by atoms with Gasteiger partial charge < -0.3 is 15.1 Å². The number of benzene rings is 1. The molecule has 0 unspecified atom stereocenters. The molecule has 1 saturated heterocycles. The Morgan fingerprint density at radius 3 is 2.62 bits per heavy atom. The second kappa shape index (κ2) is 11.3. The van der Waals surface area contributed by atoms with Gasteiger partial charge in [-0.25, -0.2) is 13.4 Å². The minimum atomic E-state index is -3.52. The van der Waals surface area contributed by atoms with Crippen molar-refractivity contribution < 1.29 is 8.42 Å². The maximum Gasteiger partial charge on any atom is 0.243 e. The van der Waals surface area contributed by atoms with Crippen LogP contribution in [0.1, 0.15) is 25.3 Å². The number of hydrogen-bond acceptors (Lipinski definition) is 4. The quantitative estimate of drug-likeness (QED) is 0.286. The summed E-state index contributed by atoms with van der Waals surface area (Å²) in [5, 5.41) is 3.29. The number of sulfonamides is 1. The zero-order valence-electron chi connectivity index (χ0n) is 18.0. The first-order chi connectivity index (χ1) is 13.9. The first kappa shape index (κ1) is 23.4. The van der Waals surface area contributed by atoms with Gasteiger partial charge in [0.2, 0.25) is 10.0 Å². The molecule has 0 saturated carbocycles. The molecule has 0 radical (unpaired) electrons. The highest BCUT2D eigenvalue weighted by molar-refractivity contribution is 7.89. The standard InChI is InChI=1S/C21H35N5O2S/c1-5-7-10-13-25(4)21(22-6-2)23-18-19-11-8-9-12-20(19)29(27,28)26-16-14-24(3)15-17-26/h5,8-9,11-12H,1,6-7,10,13-18H2,2-4H3,(H,22,23). The van der Waals surface area contributed by atoms with Gasteiger partial charge in [0.15, 0.2) is 5.96 Å². The Hall–Kier alpha value is -1.90. The third-order valence-electron chi connectivity index (χ3n) is 5.05. The van der Waals surface area contributed by atoms with Gasteiger partial charge in [-0.15, -0.1) is 6.58 Å². The number of piperazine rings is 1. The van der Waals surface area contributed by atoms with Gasteiger partial charge in [-0.2, -0.15) is 4.31 Å². The average Bonchev–Trinajstić information content (AvgIpc) is 2.71. The van der Waals surface area contributed by atoms with Crippen molar-refractivity contribution in [2.75, 3.05) is 53.4 Å². The van der Waals surface area contributed by atoms with Gasteiger partial charge in [0, 0.05) is 46.3 Å². The SMILES string of the molecule is C=CCCCN(C)C(=NCc1ccccc1S(=O)(=O)N1CCN(C)CC1)NCC. The van der Waals surface area contributed by atoms with Crippen molar-refractivity contribution in [3.63, 3.8) is 0 Å². The summed E-state index contributed by atoms with van der Waals surface area (Å²) in [7, 11) is 0.490. The summed E-state index contributed by atoms with van der Waals surface area (Å²) in [5.74, 6) is 0.781. The molecule has 1 heterocycles. The Kier molecular flexibility index (Phi) is 9.13. The third kappa shape index (κ3) is 6.55. The molecule has 29 heavy (non-hydrogen) atoms. The largest absolute Gasteiger partial charge is 0.357 e. The summed E-state index contributed by atoms with van der Waals surface area (Å²) < 4.78 is 28.0. The van der Waals surface area contributed by atoms with Gasteiger partial charge in [-0.05, 0) is 38.4 Å². The molecule has 2 rings (SSSR count). The smallest absolute Gasteiger partial charge is 0.243 e. The number of aliphatic imine (C=N–C) groups is 1. The zero-order chi connectivity index (χ0) is 21.3. The Morgan fingerprint density at radius 2 is 1.97 bits per heavy atom. The Morgan fingerprint density at radius 1 is 1.28 bits per heavy atom. The van der Waals surface area contributed by atoms with Crippen LogP contribution in [0.25, 0.3) is 0 Å². The Balaban J connectivity index is 2.20. The number of rotatable bonds is 9. The monoisotopic (exact) mass is 421 g/mol. The highest BCUT2D eigenvalue weighted by Gasteiger charge is 2.29. The van der Waals surface area contributed by atoms with E-state index in [4.69, 9.17) is 4.99 Å². The molecular formula is C21H35N5O2S. The molecule has 1 fully saturated rings. The number of unbranched alkanes of at least 4 members (excludes halogenated alkanes) is 1. The number of nitrogens with one attached hydrogen (secondary N) is 1. The van der Waals surface area contributed by atoms with Crippen LogP contribution < -0.4 is 5.32 Å². The molecule has 1 aromatic rings. The van der Waals surface area contributed by atoms with Gasteiger partial charge in [0.1, 0.15) is 0 Å². The predicted molar refractivity (Wildman–Crippen MR) is 120 cm³/mol. The molecule has 0 aliphatic carbocycles. The molecule has 1 N–H and O–H groups in total. The summed E-state index contributed by atoms with van der Waals surface area (Å²) >= 11 is 0. The Bertz CT molecular complexity index is 786. The van der Waals surface area contributed by atoms with E-state index in [1.807, 2.05) is 39.2 Å². The molecule has 1 aliphatic heterocycles. The van der Waals surface area contributed by atoms with E-state index in [9.17, 15) is 8.42 Å². The van der Waals surface area contributed by atoms with E-state index in [-0.39, 0.29) is 0 Å². The molecule has 0 amide bonds. The summed E-state index contributed by atoms with van der Waals surface area (Å²) in [6.45, 7) is 10.3. The van der Waals surface area contributed by atoms with Crippen molar-refractivity contribution in [2.45, 2.75) is 31.2 Å². The fraction of sp³-hybridized carbons (Fsp3) is 0.571. The van der Waals surface area contributed by atoms with E-state index in [0.29, 0.717) is 24.5 Å². The third-order valence-corrected chi connectivity index (χ3v) is 7.05. The zero-order valence-corrected chi connectivity index (χ0v) is 18.8. The summed E-state index contributed by atoms with van der Waals surface area (Å²) in [6, 6.07) is 7.20. The molecule has 0 aromatic heterocycles. The number of hydrogen-bond donors (Lipinski definition) is 1. The lowest BCUT2D eigenvalue weighted by Crippen LogP contribution is -2.47. The van der Waals surface area contributed by atoms with E-state index >= 15 is 0 Å². The van der Waals surface area contributed by atoms with Crippen LogP contribution in [0.5, 0.6) is 0 Å². The predicted octanol–water partition coefficient (Wildman–Crippen LogP) is 1.99. The van der Waals surface area contributed by atoms with Crippen molar-refractivity contribution in [3.8, 4) is 0 Å². The van der Waals surface area contributed by atoms with Crippen LogP contribution in [0.15, 0.2) is 46.8 Å². The average molecular weight is 422 g/mol. The van der Waals surface area contributed by atoms with Gasteiger partial charge in [-0.3, -0.25) is 0 Å². The lowest BCUT2D eigenvalue weighted by Gasteiger charge is -2.32. The first-order valence-corrected chi connectivity index (χ1v) is 11.7. The topological polar surface area (TPSA) is 68.2 Å². The summed E-state index contributed by atoms with van der Waals surface area (Å²) in [6.07, 6.45) is 3.87. The molecule has 1 aliphatic rings. The van der Waals surface area contributed by atoms with E-state index in [1.165, 1.54) is 0 Å². The highest BCUT2D eigenvalue weighted by atomic mass is 32.2. The number of nitrogens with zero attached hydrogens (tertiary/aromatic N) is 4. The van der Waals surface area contributed by atoms with Crippen LogP contribution in [0, 0.1) is 0 Å². The molecular weight excluding hydrogens is 386 g/mol. The van der Waals surface area contributed by atoms with Crippen molar-refractivity contribution in [2.24, 2.45) is 4.99 Å². The molecule has 8 heteroatoms. The minimum absolute atomic E-state index is 0.317. The summed E-state index contributed by atoms with van der Waals surface area (Å²) in [4.78, 5) is 9.29. The van der Waals surface area contributed by atoms with Gasteiger partial charge >= 0.3 is 0 Å². The minimum Gasteiger partial charge on any atom is -0.357 e. The van der Waals surface area contributed by atoms with E-state index in [0.717, 1.165) is 50.5 Å². The fourth-order valence-corrected chi connectivity index (χ4v) is 4.90. The molecule has 0 atom stereocenters. The van der Waals surface area contributed by atoms with Crippen molar-refractivity contribution >= 4 is 16.0 Å². The van der Waals surface area contributed by atoms with Gasteiger partial charge in [0.05, 0.1) is 11.4 Å². The highest BCUT2D eigenvalue weighted by Crippen LogP contribution is 2.22. The van der Waals surface area contributed by atoms with Crippen molar-refractivity contribution in [3.05, 3.63) is 42.5 Å². The number of likely N-dealkylation sites (N-methyl/N-ethyl adjacent to an activating group) is 1. The Labute approximate surface area is 176 Å². The maximum atomic E-state index is 13.2. The van der Waals surface area contributed by atoms with E-state index < -0.39 is 10.0 Å². The lowest BCUT2D eigenvalue weighted by molar-refractivity contribution is 0.222. The molecule has 0 spiro atoms. The summed E-state index contributed by atoms with van der Waals surface area (Å²) in [5.41, 5.74) is 0.723. The van der Waals surface area contributed by atoms with Crippen LogP contribution in [0.4, 0.5) is 0 Å². The maximum absolute atomic E-state index is 13.2. The van der Waals surface area contributed by atoms with E-state index in [1.54, 1.807) is 16.4 Å². The van der Waals surface area contributed by atoms with Gasteiger partial charge in [-0.1, -0.05) is 24.3 Å². The van der Waals surface area contributed by atoms with Crippen LogP contribution in [-0.2, 0) is 16.6 Å². The normalized spacial score (nSPS) is 16.6. The van der Waals surface area contributed by atoms with Crippen molar-refractivity contribution in [1.82, 2.24) is 19.4 Å². The fourth-order valence-electron chi connectivity index (χ4n) is 3.26. The van der Waals surface area contributed by atoms with Crippen LogP contribution in [-0.4, -0.2) is 81.8 Å². The van der Waals surface area contributed by atoms with E-state index in [2.05, 4.69) is 21.7 Å². The molecule has 0 bridgehead atoms. The van der Waals surface area contributed by atoms with Crippen molar-refractivity contribution in [1.29, 1.82) is 0 Å². The van der Waals surface area contributed by atoms with Crippen LogP contribution in [0.3, 0.4) is 0 Å². The molecule has 162 valence electrons. The van der Waals surface area contributed by atoms with Gasteiger partial charge in [0.25, 0.3) is 0 Å².